The molecular formula is C19H22ClN3OS. The monoisotopic (exact) mass is 375 g/mol. The van der Waals surface area contributed by atoms with Crippen LogP contribution < -0.4 is 10.6 Å². The predicted octanol–water partition coefficient (Wildman–Crippen LogP) is 4.02. The maximum absolute atomic E-state index is 12.5. The van der Waals surface area contributed by atoms with Gasteiger partial charge in [0.05, 0.1) is 0 Å². The van der Waals surface area contributed by atoms with E-state index in [1.165, 1.54) is 11.1 Å². The fourth-order valence-corrected chi connectivity index (χ4v) is 4.95. The Bertz CT molecular complexity index is 798. The Morgan fingerprint density at radius 3 is 3.00 bits per heavy atom. The number of amides is 1. The Labute approximate surface area is 157 Å². The number of rotatable bonds is 4. The molecule has 132 valence electrons. The van der Waals surface area contributed by atoms with Crippen LogP contribution in [0.15, 0.2) is 24.4 Å². The van der Waals surface area contributed by atoms with Crippen molar-refractivity contribution < 1.29 is 4.79 Å². The molecule has 1 aliphatic heterocycles. The highest BCUT2D eigenvalue weighted by Crippen LogP contribution is 2.58. The standard InChI is InChI=1S/C19H22ClN3OS/c1-12-8-14(20)3-2-13(12)9-15-11-22-18(25-15)23-17(24)16-10-19(16)4-6-21-7-5-19/h2-3,8,11,16,21H,4-7,9-10H2,1H3,(H,22,23,24). The number of hydrogen-bond acceptors (Lipinski definition) is 4. The van der Waals surface area contributed by atoms with Crippen molar-refractivity contribution in [2.75, 3.05) is 18.4 Å². The number of thiazole rings is 1. The lowest BCUT2D eigenvalue weighted by atomic mass is 9.92. The van der Waals surface area contributed by atoms with Crippen LogP contribution in [0.3, 0.4) is 0 Å². The second-order valence-corrected chi connectivity index (χ2v) is 8.79. The van der Waals surface area contributed by atoms with E-state index in [0.717, 1.165) is 48.7 Å². The third kappa shape index (κ3) is 3.59. The van der Waals surface area contributed by atoms with E-state index in [2.05, 4.69) is 28.6 Å². The Hall–Kier alpha value is -1.43. The first-order chi connectivity index (χ1) is 12.1. The Morgan fingerprint density at radius 1 is 1.44 bits per heavy atom. The van der Waals surface area contributed by atoms with Gasteiger partial charge in [-0.15, -0.1) is 11.3 Å². The molecule has 0 radical (unpaired) electrons. The molecule has 1 amide bonds. The number of anilines is 1. The van der Waals surface area contributed by atoms with Gasteiger partial charge in [0.1, 0.15) is 0 Å². The van der Waals surface area contributed by atoms with Gasteiger partial charge in [-0.25, -0.2) is 4.98 Å². The number of aromatic nitrogens is 1. The van der Waals surface area contributed by atoms with E-state index in [1.807, 2.05) is 18.3 Å². The quantitative estimate of drug-likeness (QED) is 0.848. The molecular weight excluding hydrogens is 354 g/mol. The number of piperidine rings is 1. The summed E-state index contributed by atoms with van der Waals surface area (Å²) in [5.41, 5.74) is 2.68. The Balaban J connectivity index is 1.37. The van der Waals surface area contributed by atoms with Crippen LogP contribution in [0.25, 0.3) is 0 Å². The van der Waals surface area contributed by atoms with Gasteiger partial charge in [-0.3, -0.25) is 4.79 Å². The average Bonchev–Trinajstić information content (AvgIpc) is 3.09. The summed E-state index contributed by atoms with van der Waals surface area (Å²) < 4.78 is 0. The van der Waals surface area contributed by atoms with Crippen LogP contribution in [0.2, 0.25) is 5.02 Å². The first-order valence-corrected chi connectivity index (χ1v) is 9.96. The molecule has 1 aliphatic carbocycles. The van der Waals surface area contributed by atoms with Crippen molar-refractivity contribution in [2.24, 2.45) is 11.3 Å². The third-order valence-electron chi connectivity index (χ3n) is 5.56. The van der Waals surface area contributed by atoms with Crippen LogP contribution in [0.5, 0.6) is 0 Å². The fourth-order valence-electron chi connectivity index (χ4n) is 3.88. The van der Waals surface area contributed by atoms with Gasteiger partial charge >= 0.3 is 0 Å². The van der Waals surface area contributed by atoms with E-state index < -0.39 is 0 Å². The van der Waals surface area contributed by atoms with E-state index in [0.29, 0.717) is 5.13 Å². The first kappa shape index (κ1) is 17.0. The molecule has 1 aromatic carbocycles. The summed E-state index contributed by atoms with van der Waals surface area (Å²) in [4.78, 5) is 18.1. The summed E-state index contributed by atoms with van der Waals surface area (Å²) in [6.07, 6.45) is 5.94. The summed E-state index contributed by atoms with van der Waals surface area (Å²) in [5, 5.41) is 7.88. The minimum atomic E-state index is 0.144. The first-order valence-electron chi connectivity index (χ1n) is 8.77. The van der Waals surface area contributed by atoms with Crippen LogP contribution in [0, 0.1) is 18.3 Å². The zero-order valence-corrected chi connectivity index (χ0v) is 15.8. The number of carbonyl (C=O) groups excluding carboxylic acids is 1. The summed E-state index contributed by atoms with van der Waals surface area (Å²) in [5.74, 6) is 0.311. The molecule has 1 saturated heterocycles. The van der Waals surface area contributed by atoms with Crippen LogP contribution in [0.1, 0.15) is 35.3 Å². The molecule has 4 rings (SSSR count). The molecule has 25 heavy (non-hydrogen) atoms. The number of aryl methyl sites for hydroxylation is 1. The molecule has 1 atom stereocenters. The summed E-state index contributed by atoms with van der Waals surface area (Å²) >= 11 is 7.58. The topological polar surface area (TPSA) is 54.0 Å². The van der Waals surface area contributed by atoms with Gasteiger partial charge < -0.3 is 10.6 Å². The lowest BCUT2D eigenvalue weighted by Crippen LogP contribution is -2.31. The van der Waals surface area contributed by atoms with Crippen molar-refractivity contribution in [3.63, 3.8) is 0 Å². The maximum atomic E-state index is 12.5. The molecule has 2 N–H and O–H groups in total. The van der Waals surface area contributed by atoms with Crippen LogP contribution >= 0.6 is 22.9 Å². The minimum Gasteiger partial charge on any atom is -0.317 e. The third-order valence-corrected chi connectivity index (χ3v) is 6.71. The highest BCUT2D eigenvalue weighted by atomic mass is 35.5. The lowest BCUT2D eigenvalue weighted by molar-refractivity contribution is -0.118. The Kier molecular flexibility index (Phi) is 4.56. The molecule has 1 spiro atoms. The molecule has 0 bridgehead atoms. The van der Waals surface area contributed by atoms with Crippen molar-refractivity contribution in [1.29, 1.82) is 0 Å². The largest absolute Gasteiger partial charge is 0.317 e. The SMILES string of the molecule is Cc1cc(Cl)ccc1Cc1cnc(NC(=O)C2CC23CCNCC3)s1. The zero-order valence-electron chi connectivity index (χ0n) is 14.3. The number of halogens is 1. The molecule has 2 aromatic rings. The molecule has 6 heteroatoms. The molecule has 4 nitrogen and oxygen atoms in total. The molecule has 2 aliphatic rings. The van der Waals surface area contributed by atoms with E-state index >= 15 is 0 Å². The normalized spacial score (nSPS) is 21.3. The van der Waals surface area contributed by atoms with E-state index in [-0.39, 0.29) is 17.2 Å². The van der Waals surface area contributed by atoms with Crippen molar-refractivity contribution in [3.8, 4) is 0 Å². The molecule has 1 unspecified atom stereocenters. The highest BCUT2D eigenvalue weighted by Gasteiger charge is 2.57. The van der Waals surface area contributed by atoms with Crippen molar-refractivity contribution in [1.82, 2.24) is 10.3 Å². The second-order valence-electron chi connectivity index (χ2n) is 7.24. The maximum Gasteiger partial charge on any atom is 0.229 e. The van der Waals surface area contributed by atoms with Gasteiger partial charge in [0.2, 0.25) is 5.91 Å². The van der Waals surface area contributed by atoms with E-state index in [4.69, 9.17) is 11.6 Å². The van der Waals surface area contributed by atoms with Crippen molar-refractivity contribution in [3.05, 3.63) is 45.4 Å². The van der Waals surface area contributed by atoms with Gasteiger partial charge in [-0.1, -0.05) is 17.7 Å². The number of nitrogens with zero attached hydrogens (tertiary/aromatic N) is 1. The average molecular weight is 376 g/mol. The van der Waals surface area contributed by atoms with Gasteiger partial charge in [0.25, 0.3) is 0 Å². The van der Waals surface area contributed by atoms with Crippen LogP contribution in [0.4, 0.5) is 5.13 Å². The summed E-state index contributed by atoms with van der Waals surface area (Å²) in [6, 6.07) is 5.95. The summed E-state index contributed by atoms with van der Waals surface area (Å²) in [7, 11) is 0. The molecule has 1 saturated carbocycles. The highest BCUT2D eigenvalue weighted by molar-refractivity contribution is 7.15. The van der Waals surface area contributed by atoms with Gasteiger partial charge in [-0.05, 0) is 68.0 Å². The van der Waals surface area contributed by atoms with Crippen LogP contribution in [-0.4, -0.2) is 24.0 Å². The number of hydrogen-bond donors (Lipinski definition) is 2. The smallest absolute Gasteiger partial charge is 0.229 e. The molecule has 2 heterocycles. The zero-order chi connectivity index (χ0) is 17.4. The lowest BCUT2D eigenvalue weighted by Gasteiger charge is -2.22. The minimum absolute atomic E-state index is 0.144. The number of carbonyl (C=O) groups is 1. The fraction of sp³-hybridized carbons (Fsp3) is 0.474. The van der Waals surface area contributed by atoms with Crippen molar-refractivity contribution in [2.45, 2.75) is 32.6 Å². The van der Waals surface area contributed by atoms with Crippen LogP contribution in [-0.2, 0) is 11.2 Å². The van der Waals surface area contributed by atoms with E-state index in [9.17, 15) is 4.79 Å². The molecule has 1 aromatic heterocycles. The Morgan fingerprint density at radius 2 is 2.24 bits per heavy atom. The van der Waals surface area contributed by atoms with Gasteiger partial charge in [-0.2, -0.15) is 0 Å². The van der Waals surface area contributed by atoms with Crippen molar-refractivity contribution >= 4 is 34.0 Å². The number of benzene rings is 1. The molecule has 2 fully saturated rings. The van der Waals surface area contributed by atoms with E-state index in [1.54, 1.807) is 11.3 Å². The van der Waals surface area contributed by atoms with Gasteiger partial charge in [0, 0.05) is 28.4 Å². The van der Waals surface area contributed by atoms with Gasteiger partial charge in [0.15, 0.2) is 5.13 Å². The predicted molar refractivity (Wildman–Crippen MR) is 102 cm³/mol. The number of nitrogens with one attached hydrogen (secondary N) is 2. The summed E-state index contributed by atoms with van der Waals surface area (Å²) in [6.45, 7) is 4.13. The second kappa shape index (κ2) is 6.71.